The molecule has 2 aromatic carbocycles. The molecule has 0 unspecified atom stereocenters. The molecule has 1 aliphatic rings. The van der Waals surface area contributed by atoms with E-state index >= 15 is 0 Å². The first-order valence-corrected chi connectivity index (χ1v) is 11.1. The number of hydrogen-bond acceptors (Lipinski definition) is 5. The third kappa shape index (κ3) is 5.52. The van der Waals surface area contributed by atoms with Gasteiger partial charge in [0.2, 0.25) is 0 Å². The molecule has 2 amide bonds. The van der Waals surface area contributed by atoms with Crippen LogP contribution >= 0.6 is 0 Å². The summed E-state index contributed by atoms with van der Waals surface area (Å²) >= 11 is 0. The topological polar surface area (TPSA) is 79.6 Å². The van der Waals surface area contributed by atoms with Crippen molar-refractivity contribution >= 4 is 17.9 Å². The molecule has 2 aromatic rings. The van der Waals surface area contributed by atoms with E-state index in [0.717, 1.165) is 24.2 Å². The van der Waals surface area contributed by atoms with Crippen LogP contribution in [0.15, 0.2) is 59.2 Å². The number of carbonyl (C=O) groups excluding carboxylic acids is 2. The first-order valence-electron chi connectivity index (χ1n) is 11.1. The lowest BCUT2D eigenvalue weighted by molar-refractivity contribution is -0.141. The zero-order chi connectivity index (χ0) is 24.7. The number of benzene rings is 2. The summed E-state index contributed by atoms with van der Waals surface area (Å²) in [7, 11) is 1.54. The number of ether oxygens (including phenoxy) is 2. The minimum Gasteiger partial charge on any atom is -0.493 e. The van der Waals surface area contributed by atoms with Crippen molar-refractivity contribution in [1.82, 2.24) is 4.90 Å². The van der Waals surface area contributed by atoms with Gasteiger partial charge in [-0.05, 0) is 60.4 Å². The Morgan fingerprint density at radius 2 is 1.79 bits per heavy atom. The van der Waals surface area contributed by atoms with E-state index in [2.05, 4.69) is 6.92 Å². The van der Waals surface area contributed by atoms with Crippen molar-refractivity contribution in [3.8, 4) is 17.6 Å². The van der Waals surface area contributed by atoms with Crippen molar-refractivity contribution in [2.75, 3.05) is 13.7 Å². The van der Waals surface area contributed by atoms with Crippen molar-refractivity contribution < 1.29 is 23.5 Å². The molecule has 1 heterocycles. The van der Waals surface area contributed by atoms with Gasteiger partial charge in [-0.1, -0.05) is 38.0 Å². The number of hydrogen-bond donors (Lipinski definition) is 0. The predicted molar refractivity (Wildman–Crippen MR) is 126 cm³/mol. The minimum absolute atomic E-state index is 0.0679. The number of unbranched alkanes of at least 4 members (excludes halogenated alkanes) is 2. The van der Waals surface area contributed by atoms with E-state index in [1.165, 1.54) is 24.3 Å². The van der Waals surface area contributed by atoms with Crippen LogP contribution in [-0.4, -0.2) is 30.4 Å². The Kier molecular flexibility index (Phi) is 8.20. The summed E-state index contributed by atoms with van der Waals surface area (Å²) in [5.74, 6) is -0.477. The van der Waals surface area contributed by atoms with Crippen LogP contribution in [0.1, 0.15) is 44.2 Å². The van der Waals surface area contributed by atoms with Gasteiger partial charge in [0.1, 0.15) is 17.5 Å². The number of methoxy groups -OCH3 is 1. The number of nitrogens with zero attached hydrogens (tertiary/aromatic N) is 2. The number of imide groups is 1. The van der Waals surface area contributed by atoms with Gasteiger partial charge in [0.25, 0.3) is 11.8 Å². The number of rotatable bonds is 9. The Balaban J connectivity index is 1.93. The summed E-state index contributed by atoms with van der Waals surface area (Å²) < 4.78 is 24.5. The predicted octanol–water partition coefficient (Wildman–Crippen LogP) is 5.20. The van der Waals surface area contributed by atoms with Crippen molar-refractivity contribution in [2.45, 2.75) is 39.7 Å². The molecule has 6 nitrogen and oxygen atoms in total. The van der Waals surface area contributed by atoms with Crippen LogP contribution in [0.25, 0.3) is 6.08 Å². The maximum absolute atomic E-state index is 13.3. The van der Waals surface area contributed by atoms with E-state index < -0.39 is 17.6 Å². The lowest BCUT2D eigenvalue weighted by atomic mass is 9.93. The average molecular weight is 463 g/mol. The number of halogens is 1. The minimum atomic E-state index is -0.667. The Morgan fingerprint density at radius 3 is 2.44 bits per heavy atom. The van der Waals surface area contributed by atoms with Crippen LogP contribution < -0.4 is 9.47 Å². The molecule has 0 atom stereocenters. The molecule has 0 saturated heterocycles. The second kappa shape index (κ2) is 11.3. The molecule has 0 bridgehead atoms. The molecule has 0 N–H and O–H groups in total. The van der Waals surface area contributed by atoms with Gasteiger partial charge in [-0.15, -0.1) is 0 Å². The van der Waals surface area contributed by atoms with Gasteiger partial charge in [0.15, 0.2) is 11.5 Å². The molecule has 0 fully saturated rings. The van der Waals surface area contributed by atoms with Gasteiger partial charge in [-0.25, -0.2) is 4.39 Å². The van der Waals surface area contributed by atoms with Crippen LogP contribution in [0, 0.1) is 17.1 Å². The zero-order valence-corrected chi connectivity index (χ0v) is 19.6. The van der Waals surface area contributed by atoms with Gasteiger partial charge in [-0.3, -0.25) is 14.5 Å². The summed E-state index contributed by atoms with van der Waals surface area (Å²) in [5.41, 5.74) is 1.68. The second-order valence-corrected chi connectivity index (χ2v) is 7.96. The highest BCUT2D eigenvalue weighted by Gasteiger charge is 2.35. The molecule has 3 rings (SSSR count). The van der Waals surface area contributed by atoms with Crippen LogP contribution in [0.5, 0.6) is 11.5 Å². The summed E-state index contributed by atoms with van der Waals surface area (Å²) in [5, 5.41) is 9.58. The third-order valence-electron chi connectivity index (χ3n) is 5.58. The van der Waals surface area contributed by atoms with Gasteiger partial charge in [-0.2, -0.15) is 5.26 Å². The van der Waals surface area contributed by atoms with Gasteiger partial charge in [0.05, 0.1) is 20.3 Å². The SMILES string of the molecule is CCCCCOc1ccc(/C=C2/C(=O)N(Cc3ccc(F)cc3)C(=O)C(C#N)=C2C)cc1OC. The standard InChI is InChI=1S/C27H27FN2O4/c1-4-5-6-13-34-24-12-9-20(15-25(24)33-3)14-22-18(2)23(16-29)27(32)30(26(22)31)17-19-7-10-21(28)11-8-19/h7-12,14-15H,4-6,13,17H2,1-3H3/b22-14+. The van der Waals surface area contributed by atoms with E-state index in [-0.39, 0.29) is 17.7 Å². The largest absolute Gasteiger partial charge is 0.493 e. The van der Waals surface area contributed by atoms with E-state index in [1.54, 1.807) is 38.3 Å². The fourth-order valence-corrected chi connectivity index (χ4v) is 3.64. The molecule has 34 heavy (non-hydrogen) atoms. The molecule has 176 valence electrons. The molecule has 7 heteroatoms. The summed E-state index contributed by atoms with van der Waals surface area (Å²) in [6.07, 6.45) is 4.75. The molecule has 1 aliphatic heterocycles. The van der Waals surface area contributed by atoms with Crippen molar-refractivity contribution in [2.24, 2.45) is 0 Å². The fraction of sp³-hybridized carbons (Fsp3) is 0.296. The highest BCUT2D eigenvalue weighted by molar-refractivity contribution is 6.19. The Morgan fingerprint density at radius 1 is 1.06 bits per heavy atom. The van der Waals surface area contributed by atoms with Crippen molar-refractivity contribution in [1.29, 1.82) is 5.26 Å². The molecule has 0 radical (unpaired) electrons. The molecule has 0 aromatic heterocycles. The second-order valence-electron chi connectivity index (χ2n) is 7.96. The van der Waals surface area contributed by atoms with E-state index in [1.807, 2.05) is 6.07 Å². The number of nitriles is 1. The summed E-state index contributed by atoms with van der Waals surface area (Å²) in [6.45, 7) is 4.22. The van der Waals surface area contributed by atoms with E-state index in [9.17, 15) is 19.2 Å². The quantitative estimate of drug-likeness (QED) is 0.291. The molecule has 0 aliphatic carbocycles. The van der Waals surface area contributed by atoms with Crippen LogP contribution in [0.2, 0.25) is 0 Å². The van der Waals surface area contributed by atoms with Gasteiger partial charge in [0, 0.05) is 5.57 Å². The Bertz CT molecular complexity index is 1180. The lowest BCUT2D eigenvalue weighted by Crippen LogP contribution is -2.42. The molecular weight excluding hydrogens is 435 g/mol. The summed E-state index contributed by atoms with van der Waals surface area (Å²) in [4.78, 5) is 27.1. The highest BCUT2D eigenvalue weighted by atomic mass is 19.1. The van der Waals surface area contributed by atoms with E-state index in [4.69, 9.17) is 9.47 Å². The first kappa shape index (κ1) is 24.7. The maximum Gasteiger partial charge on any atom is 0.271 e. The zero-order valence-electron chi connectivity index (χ0n) is 19.6. The number of carbonyl (C=O) groups is 2. The number of amides is 2. The normalized spacial score (nSPS) is 15.0. The maximum atomic E-state index is 13.3. The Hall–Kier alpha value is -3.92. The highest BCUT2D eigenvalue weighted by Crippen LogP contribution is 2.32. The van der Waals surface area contributed by atoms with Crippen molar-refractivity contribution in [3.63, 3.8) is 0 Å². The molecule has 0 spiro atoms. The fourth-order valence-electron chi connectivity index (χ4n) is 3.64. The van der Waals surface area contributed by atoms with Gasteiger partial charge >= 0.3 is 0 Å². The lowest BCUT2D eigenvalue weighted by Gasteiger charge is -2.27. The monoisotopic (exact) mass is 462 g/mol. The van der Waals surface area contributed by atoms with Gasteiger partial charge < -0.3 is 9.47 Å². The van der Waals surface area contributed by atoms with Crippen LogP contribution in [0.4, 0.5) is 4.39 Å². The van der Waals surface area contributed by atoms with Crippen LogP contribution in [-0.2, 0) is 16.1 Å². The third-order valence-corrected chi connectivity index (χ3v) is 5.58. The average Bonchev–Trinajstić information content (AvgIpc) is 2.84. The van der Waals surface area contributed by atoms with Crippen LogP contribution in [0.3, 0.4) is 0 Å². The smallest absolute Gasteiger partial charge is 0.271 e. The first-order chi connectivity index (χ1) is 16.4. The van der Waals surface area contributed by atoms with E-state index in [0.29, 0.717) is 34.8 Å². The Labute approximate surface area is 198 Å². The van der Waals surface area contributed by atoms with Crippen molar-refractivity contribution in [3.05, 3.63) is 76.1 Å². The molecule has 0 saturated carbocycles. The molecular formula is C27H27FN2O4. The summed E-state index contributed by atoms with van der Waals surface area (Å²) in [6, 6.07) is 12.7.